The summed E-state index contributed by atoms with van der Waals surface area (Å²) in [5.41, 5.74) is 5.74. The Bertz CT molecular complexity index is 1320. The van der Waals surface area contributed by atoms with Crippen LogP contribution in [0.1, 0.15) is 28.9 Å². The Morgan fingerprint density at radius 2 is 1.82 bits per heavy atom. The lowest BCUT2D eigenvalue weighted by Gasteiger charge is -2.17. The second-order valence-electron chi connectivity index (χ2n) is 7.00. The number of rotatable bonds is 8. The third kappa shape index (κ3) is 6.60. The summed E-state index contributed by atoms with van der Waals surface area (Å²) >= 11 is 1.94. The Hall–Kier alpha value is -2.81. The van der Waals surface area contributed by atoms with E-state index in [4.69, 9.17) is 15.6 Å². The van der Waals surface area contributed by atoms with E-state index in [1.807, 2.05) is 22.6 Å². The van der Waals surface area contributed by atoms with Crippen molar-refractivity contribution in [2.45, 2.75) is 13.0 Å². The molecule has 0 aliphatic carbocycles. The number of primary amides is 1. The van der Waals surface area contributed by atoms with Crippen LogP contribution in [-0.4, -0.2) is 14.3 Å². The molecule has 6 N–H and O–H groups in total. The average Bonchev–Trinajstić information content (AvgIpc) is 2.68. The van der Waals surface area contributed by atoms with Crippen LogP contribution in [0.25, 0.3) is 0 Å². The Morgan fingerprint density at radius 1 is 1.09 bits per heavy atom. The summed E-state index contributed by atoms with van der Waals surface area (Å²) in [7, 11) is -3.95. The molecule has 0 saturated carbocycles. The zero-order chi connectivity index (χ0) is 24.3. The Labute approximate surface area is 202 Å². The van der Waals surface area contributed by atoms with Gasteiger partial charge in [-0.05, 0) is 71.5 Å². The first-order valence-electron chi connectivity index (χ1n) is 9.36. The number of carbonyl (C=O) groups excluding carboxylic acids is 1. The van der Waals surface area contributed by atoms with E-state index in [1.165, 1.54) is 24.3 Å². The van der Waals surface area contributed by atoms with Crippen molar-refractivity contribution in [3.8, 4) is 11.5 Å². The van der Waals surface area contributed by atoms with Gasteiger partial charge in [-0.25, -0.2) is 13.9 Å². The molecule has 0 heterocycles. The zero-order valence-corrected chi connectivity index (χ0v) is 20.1. The van der Waals surface area contributed by atoms with Gasteiger partial charge in [-0.1, -0.05) is 12.1 Å². The van der Waals surface area contributed by atoms with Crippen LogP contribution >= 0.6 is 22.6 Å². The molecule has 1 atom stereocenters. The van der Waals surface area contributed by atoms with Crippen molar-refractivity contribution in [1.82, 2.24) is 4.72 Å². The summed E-state index contributed by atoms with van der Waals surface area (Å²) in [6.45, 7) is 1.57. The number of hydrogen-bond acceptors (Lipinski definition) is 5. The molecule has 0 fully saturated rings. The topological polar surface area (TPSA) is 137 Å². The Morgan fingerprint density at radius 3 is 2.45 bits per heavy atom. The standard InChI is InChI=1S/C21H19F2IN4O4S/c1-11(28-33(26,30)31)12-3-2-4-15(7-12)32-19-9-13(22)8-18(20(19)21(25)29)27-17-6-5-14(24)10-16(17)23/h2-11,27-28H,1H3,(H2,25,29)(H2,26,30,31). The zero-order valence-electron chi connectivity index (χ0n) is 17.1. The first-order valence-corrected chi connectivity index (χ1v) is 12.0. The second-order valence-corrected chi connectivity index (χ2v) is 9.57. The van der Waals surface area contributed by atoms with Gasteiger partial charge in [0.25, 0.3) is 16.1 Å². The van der Waals surface area contributed by atoms with Crippen molar-refractivity contribution in [3.63, 3.8) is 0 Å². The number of nitrogens with one attached hydrogen (secondary N) is 2. The average molecular weight is 588 g/mol. The van der Waals surface area contributed by atoms with Gasteiger partial charge in [0, 0.05) is 15.7 Å². The normalized spacial score (nSPS) is 12.3. The van der Waals surface area contributed by atoms with E-state index in [1.54, 1.807) is 25.1 Å². The first kappa shape index (κ1) is 24.8. The number of amides is 1. The molecule has 0 bridgehead atoms. The summed E-state index contributed by atoms with van der Waals surface area (Å²) in [5.74, 6) is -2.33. The molecule has 1 amide bonds. The lowest BCUT2D eigenvalue weighted by molar-refractivity contribution is 0.0999. The molecule has 0 aliphatic heterocycles. The van der Waals surface area contributed by atoms with Gasteiger partial charge in [-0.2, -0.15) is 13.1 Å². The fourth-order valence-corrected chi connectivity index (χ4v) is 4.12. The highest BCUT2D eigenvalue weighted by molar-refractivity contribution is 14.1. The molecule has 3 rings (SSSR count). The van der Waals surface area contributed by atoms with Gasteiger partial charge >= 0.3 is 0 Å². The Kier molecular flexibility index (Phi) is 7.51. The summed E-state index contributed by atoms with van der Waals surface area (Å²) in [4.78, 5) is 12.2. The molecule has 0 radical (unpaired) electrons. The van der Waals surface area contributed by atoms with Crippen molar-refractivity contribution >= 4 is 50.1 Å². The summed E-state index contributed by atoms with van der Waals surface area (Å²) in [5, 5.41) is 7.69. The van der Waals surface area contributed by atoms with Crippen molar-refractivity contribution in [2.24, 2.45) is 10.9 Å². The molecule has 0 aromatic heterocycles. The van der Waals surface area contributed by atoms with Crippen molar-refractivity contribution < 1.29 is 26.7 Å². The van der Waals surface area contributed by atoms with Crippen LogP contribution in [0.3, 0.4) is 0 Å². The second kappa shape index (κ2) is 9.99. The minimum Gasteiger partial charge on any atom is -0.456 e. The monoisotopic (exact) mass is 588 g/mol. The highest BCUT2D eigenvalue weighted by Gasteiger charge is 2.20. The lowest BCUT2D eigenvalue weighted by Crippen LogP contribution is -2.32. The predicted molar refractivity (Wildman–Crippen MR) is 128 cm³/mol. The van der Waals surface area contributed by atoms with Gasteiger partial charge < -0.3 is 15.8 Å². The number of hydrogen-bond donors (Lipinski definition) is 4. The largest absolute Gasteiger partial charge is 0.456 e. The number of halogens is 3. The highest BCUT2D eigenvalue weighted by Crippen LogP contribution is 2.35. The van der Waals surface area contributed by atoms with Crippen LogP contribution in [0.2, 0.25) is 0 Å². The molecule has 0 aliphatic rings. The maximum absolute atomic E-state index is 14.4. The molecule has 0 saturated heterocycles. The molecular weight excluding hydrogens is 569 g/mol. The number of ether oxygens (including phenoxy) is 1. The third-order valence-corrected chi connectivity index (χ3v) is 5.79. The SMILES string of the molecule is CC(NS(N)(=O)=O)c1cccc(Oc2cc(F)cc(Nc3ccc(I)cc3F)c2C(N)=O)c1. The van der Waals surface area contributed by atoms with Gasteiger partial charge in [0.1, 0.15) is 28.7 Å². The van der Waals surface area contributed by atoms with E-state index in [-0.39, 0.29) is 28.4 Å². The van der Waals surface area contributed by atoms with Gasteiger partial charge in [0.05, 0.1) is 11.4 Å². The van der Waals surface area contributed by atoms with E-state index in [0.29, 0.717) is 9.13 Å². The van der Waals surface area contributed by atoms with Gasteiger partial charge in [-0.3, -0.25) is 4.79 Å². The molecule has 174 valence electrons. The van der Waals surface area contributed by atoms with Crippen molar-refractivity contribution in [2.75, 3.05) is 5.32 Å². The summed E-state index contributed by atoms with van der Waals surface area (Å²) < 4.78 is 59.8. The van der Waals surface area contributed by atoms with E-state index in [0.717, 1.165) is 12.1 Å². The maximum Gasteiger partial charge on any atom is 0.274 e. The lowest BCUT2D eigenvalue weighted by atomic mass is 10.1. The molecule has 0 spiro atoms. The number of anilines is 2. The minimum absolute atomic E-state index is 0.0133. The van der Waals surface area contributed by atoms with Crippen molar-refractivity contribution in [3.05, 3.63) is 80.9 Å². The predicted octanol–water partition coefficient (Wildman–Crippen LogP) is 4.06. The molecule has 12 heteroatoms. The van der Waals surface area contributed by atoms with Crippen LogP contribution in [0.4, 0.5) is 20.2 Å². The number of benzene rings is 3. The summed E-state index contributed by atoms with van der Waals surface area (Å²) in [6.07, 6.45) is 0. The molecule has 1 unspecified atom stereocenters. The van der Waals surface area contributed by atoms with Gasteiger partial charge in [0.2, 0.25) is 0 Å². The van der Waals surface area contributed by atoms with Gasteiger partial charge in [0.15, 0.2) is 0 Å². The van der Waals surface area contributed by atoms with E-state index >= 15 is 0 Å². The highest BCUT2D eigenvalue weighted by atomic mass is 127. The van der Waals surface area contributed by atoms with E-state index in [9.17, 15) is 22.0 Å². The van der Waals surface area contributed by atoms with Crippen LogP contribution in [0.15, 0.2) is 54.6 Å². The minimum atomic E-state index is -3.95. The maximum atomic E-state index is 14.4. The van der Waals surface area contributed by atoms with E-state index < -0.39 is 33.8 Å². The van der Waals surface area contributed by atoms with Crippen LogP contribution < -0.4 is 25.6 Å². The first-order chi connectivity index (χ1) is 15.4. The molecule has 8 nitrogen and oxygen atoms in total. The molecule has 3 aromatic rings. The van der Waals surface area contributed by atoms with E-state index in [2.05, 4.69) is 10.0 Å². The fraction of sp³-hybridized carbons (Fsp3) is 0.0952. The quantitative estimate of drug-likeness (QED) is 0.295. The summed E-state index contributed by atoms with van der Waals surface area (Å²) in [6, 6.07) is 11.8. The van der Waals surface area contributed by atoms with Gasteiger partial charge in [-0.15, -0.1) is 0 Å². The fourth-order valence-electron chi connectivity index (χ4n) is 3.04. The van der Waals surface area contributed by atoms with Crippen LogP contribution in [0, 0.1) is 15.2 Å². The number of nitrogens with two attached hydrogens (primary N) is 2. The molecular formula is C21H19F2IN4O4S. The Balaban J connectivity index is 1.99. The number of carbonyl (C=O) groups is 1. The smallest absolute Gasteiger partial charge is 0.274 e. The molecule has 3 aromatic carbocycles. The third-order valence-electron chi connectivity index (χ3n) is 4.44. The van der Waals surface area contributed by atoms with Crippen molar-refractivity contribution in [1.29, 1.82) is 0 Å². The van der Waals surface area contributed by atoms with Crippen LogP contribution in [0.5, 0.6) is 11.5 Å². The molecule has 33 heavy (non-hydrogen) atoms. The van der Waals surface area contributed by atoms with Crippen LogP contribution in [-0.2, 0) is 10.2 Å².